The van der Waals surface area contributed by atoms with Crippen LogP contribution < -0.4 is 0 Å². The average Bonchev–Trinajstić information content (AvgIpc) is 3.88. The van der Waals surface area contributed by atoms with Gasteiger partial charge < -0.3 is 0 Å². The summed E-state index contributed by atoms with van der Waals surface area (Å²) in [6.07, 6.45) is 15.6. The Labute approximate surface area is 283 Å². The third-order valence-corrected chi connectivity index (χ3v) is 9.07. The van der Waals surface area contributed by atoms with Gasteiger partial charge in [0, 0.05) is 23.5 Å². The Bertz CT molecular complexity index is 1990. The van der Waals surface area contributed by atoms with E-state index in [0.717, 1.165) is 39.6 Å². The Morgan fingerprint density at radius 3 is 1.52 bits per heavy atom. The second-order valence-electron chi connectivity index (χ2n) is 12.5. The van der Waals surface area contributed by atoms with Gasteiger partial charge in [0.1, 0.15) is 6.33 Å². The van der Waals surface area contributed by atoms with Crippen LogP contribution >= 0.6 is 0 Å². The van der Waals surface area contributed by atoms with Gasteiger partial charge in [-0.25, -0.2) is 9.97 Å². The van der Waals surface area contributed by atoms with Crippen molar-refractivity contribution in [1.82, 2.24) is 15.0 Å². The molecule has 2 aliphatic rings. The second kappa shape index (κ2) is 14.2. The molecule has 2 aliphatic carbocycles. The molecule has 0 aliphatic heterocycles. The van der Waals surface area contributed by atoms with Gasteiger partial charge in [0.25, 0.3) is 0 Å². The fraction of sp³-hybridized carbons (Fsp3) is 0.0889. The summed E-state index contributed by atoms with van der Waals surface area (Å²) in [6.45, 7) is 2.32. The fourth-order valence-corrected chi connectivity index (χ4v) is 6.01. The Morgan fingerprint density at radius 2 is 1.02 bits per heavy atom. The molecule has 2 aromatic heterocycles. The molecular weight excluding hydrogens is 583 g/mol. The van der Waals surface area contributed by atoms with Gasteiger partial charge in [0.05, 0.1) is 11.4 Å². The van der Waals surface area contributed by atoms with Crippen LogP contribution in [0.1, 0.15) is 13.3 Å². The van der Waals surface area contributed by atoms with Gasteiger partial charge in [0.15, 0.2) is 0 Å². The maximum atomic E-state index is 4.48. The van der Waals surface area contributed by atoms with Crippen LogP contribution in [0.2, 0.25) is 0 Å². The minimum absolute atomic E-state index is 0.578. The van der Waals surface area contributed by atoms with E-state index < -0.39 is 0 Å². The van der Waals surface area contributed by atoms with Crippen molar-refractivity contribution < 1.29 is 0 Å². The number of aromatic nitrogens is 3. The summed E-state index contributed by atoms with van der Waals surface area (Å²) in [5.74, 6) is 0.882. The van der Waals surface area contributed by atoms with E-state index >= 15 is 0 Å². The van der Waals surface area contributed by atoms with Gasteiger partial charge in [-0.3, -0.25) is 4.98 Å². The lowest BCUT2D eigenvalue weighted by molar-refractivity contribution is 0.690. The van der Waals surface area contributed by atoms with Crippen LogP contribution in [0.25, 0.3) is 55.5 Å². The van der Waals surface area contributed by atoms with Gasteiger partial charge in [-0.1, -0.05) is 165 Å². The summed E-state index contributed by atoms with van der Waals surface area (Å²) < 4.78 is 0. The van der Waals surface area contributed by atoms with E-state index in [9.17, 15) is 0 Å². The molecule has 5 aromatic carbocycles. The topological polar surface area (TPSA) is 38.7 Å². The number of benzene rings is 5. The van der Waals surface area contributed by atoms with Crippen molar-refractivity contribution in [2.24, 2.45) is 11.3 Å². The van der Waals surface area contributed by atoms with Crippen molar-refractivity contribution in [2.45, 2.75) is 13.3 Å². The van der Waals surface area contributed by atoms with Crippen molar-refractivity contribution in [3.05, 3.63) is 189 Å². The van der Waals surface area contributed by atoms with E-state index in [1.165, 1.54) is 28.3 Å². The SMILES string of the molecule is CC12C=CC=CC1C2.c1ccc(-c2ccc(-c3cc(-c4ccc(-c5cccnc5)cc4)ncn3)cc2)cc1.c1ccc2ccccc2c1. The van der Waals surface area contributed by atoms with Gasteiger partial charge in [-0.15, -0.1) is 0 Å². The first-order valence-corrected chi connectivity index (χ1v) is 16.4. The van der Waals surface area contributed by atoms with Crippen molar-refractivity contribution in [3.8, 4) is 44.8 Å². The smallest absolute Gasteiger partial charge is 0.116 e. The van der Waals surface area contributed by atoms with Crippen LogP contribution in [0.5, 0.6) is 0 Å². The maximum Gasteiger partial charge on any atom is 0.116 e. The predicted molar refractivity (Wildman–Crippen MR) is 200 cm³/mol. The number of rotatable bonds is 4. The number of hydrogen-bond donors (Lipinski definition) is 0. The molecule has 0 spiro atoms. The summed E-state index contributed by atoms with van der Waals surface area (Å²) in [4.78, 5) is 13.2. The maximum absolute atomic E-state index is 4.48. The molecule has 3 heteroatoms. The molecule has 0 radical (unpaired) electrons. The molecule has 2 heterocycles. The number of fused-ring (bicyclic) bond motifs is 2. The van der Waals surface area contributed by atoms with E-state index in [4.69, 9.17) is 0 Å². The summed E-state index contributed by atoms with van der Waals surface area (Å²) >= 11 is 0. The van der Waals surface area contributed by atoms with E-state index in [-0.39, 0.29) is 0 Å². The zero-order valence-electron chi connectivity index (χ0n) is 27.0. The van der Waals surface area contributed by atoms with Crippen LogP contribution in [-0.4, -0.2) is 15.0 Å². The molecule has 3 nitrogen and oxygen atoms in total. The number of nitrogens with zero attached hydrogens (tertiary/aromatic N) is 3. The van der Waals surface area contributed by atoms with E-state index in [1.807, 2.05) is 24.4 Å². The molecule has 0 N–H and O–H groups in total. The third-order valence-electron chi connectivity index (χ3n) is 9.07. The molecule has 1 fully saturated rings. The number of allylic oxidation sites excluding steroid dienone is 4. The monoisotopic (exact) mass is 619 g/mol. The minimum Gasteiger partial charge on any atom is -0.264 e. The standard InChI is InChI=1S/C27H19N3.C10H8.C8H10/c1-2-5-20(6-3-1)21-8-12-23(13-9-21)26-17-27(30-19-29-26)24-14-10-22(11-15-24)25-7-4-16-28-18-25;1-2-6-10-8-4-3-7-9(10)5-1;1-8-5-3-2-4-7(8)6-8/h1-19H;1-8H;2-5,7H,6H2,1H3. The molecule has 7 aromatic rings. The summed E-state index contributed by atoms with van der Waals surface area (Å²) in [7, 11) is 0. The van der Waals surface area contributed by atoms with Crippen LogP contribution in [-0.2, 0) is 0 Å². The van der Waals surface area contributed by atoms with Crippen LogP contribution in [0.4, 0.5) is 0 Å². The van der Waals surface area contributed by atoms with Gasteiger partial charge in [0.2, 0.25) is 0 Å². The van der Waals surface area contributed by atoms with Crippen molar-refractivity contribution in [1.29, 1.82) is 0 Å². The molecule has 1 saturated carbocycles. The van der Waals surface area contributed by atoms with E-state index in [1.54, 1.807) is 12.5 Å². The lowest BCUT2D eigenvalue weighted by Crippen LogP contribution is -1.91. The summed E-state index contributed by atoms with van der Waals surface area (Å²) in [5.41, 5.74) is 9.18. The van der Waals surface area contributed by atoms with E-state index in [2.05, 4.69) is 174 Å². The first kappa shape index (κ1) is 30.7. The molecule has 2 unspecified atom stereocenters. The van der Waals surface area contributed by atoms with Gasteiger partial charge >= 0.3 is 0 Å². The molecule has 0 amide bonds. The molecule has 48 heavy (non-hydrogen) atoms. The quantitative estimate of drug-likeness (QED) is 0.197. The van der Waals surface area contributed by atoms with Gasteiger partial charge in [-0.2, -0.15) is 0 Å². The van der Waals surface area contributed by atoms with Crippen LogP contribution in [0, 0.1) is 11.3 Å². The summed E-state index contributed by atoms with van der Waals surface area (Å²) in [5, 5.41) is 2.62. The highest BCUT2D eigenvalue weighted by atomic mass is 14.8. The predicted octanol–water partition coefficient (Wildman–Crippen LogP) is 11.5. The highest BCUT2D eigenvalue weighted by molar-refractivity contribution is 5.82. The Kier molecular flexibility index (Phi) is 9.11. The molecule has 9 rings (SSSR count). The first-order valence-electron chi connectivity index (χ1n) is 16.4. The lowest BCUT2D eigenvalue weighted by Gasteiger charge is -2.07. The molecule has 0 saturated heterocycles. The number of hydrogen-bond acceptors (Lipinski definition) is 3. The normalized spacial score (nSPS) is 16.9. The van der Waals surface area contributed by atoms with Gasteiger partial charge in [-0.05, 0) is 62.9 Å². The third kappa shape index (κ3) is 7.37. The Hall–Kier alpha value is -5.93. The first-order chi connectivity index (χ1) is 23.6. The second-order valence-corrected chi connectivity index (χ2v) is 12.5. The zero-order valence-corrected chi connectivity index (χ0v) is 27.0. The molecule has 232 valence electrons. The highest BCUT2D eigenvalue weighted by Crippen LogP contribution is 2.55. The molecular formula is C45H37N3. The molecule has 2 atom stereocenters. The lowest BCUT2D eigenvalue weighted by atomic mass is 10.0. The molecule has 0 bridgehead atoms. The van der Waals surface area contributed by atoms with Crippen LogP contribution in [0.15, 0.2) is 189 Å². The van der Waals surface area contributed by atoms with Crippen LogP contribution in [0.3, 0.4) is 0 Å². The number of pyridine rings is 1. The minimum atomic E-state index is 0.578. The average molecular weight is 620 g/mol. The summed E-state index contributed by atoms with van der Waals surface area (Å²) in [6, 6.07) is 50.0. The fourth-order valence-electron chi connectivity index (χ4n) is 6.01. The van der Waals surface area contributed by atoms with Crippen molar-refractivity contribution >= 4 is 10.8 Å². The van der Waals surface area contributed by atoms with E-state index in [0.29, 0.717) is 5.41 Å². The van der Waals surface area contributed by atoms with Crippen molar-refractivity contribution in [3.63, 3.8) is 0 Å². The Morgan fingerprint density at radius 1 is 0.521 bits per heavy atom. The Balaban J connectivity index is 0.000000162. The van der Waals surface area contributed by atoms with Crippen molar-refractivity contribution in [2.75, 3.05) is 0 Å². The highest BCUT2D eigenvalue weighted by Gasteiger charge is 2.46. The zero-order chi connectivity index (χ0) is 32.6. The largest absolute Gasteiger partial charge is 0.264 e.